The first kappa shape index (κ1) is 15.0. The van der Waals surface area contributed by atoms with Gasteiger partial charge in [-0.25, -0.2) is 9.97 Å². The van der Waals surface area contributed by atoms with E-state index < -0.39 is 17.5 Å². The van der Waals surface area contributed by atoms with Crippen LogP contribution in [0, 0.1) is 0 Å². The molecule has 2 aromatic rings. The van der Waals surface area contributed by atoms with Gasteiger partial charge in [0.15, 0.2) is 11.5 Å². The fourth-order valence-corrected chi connectivity index (χ4v) is 1.79. The van der Waals surface area contributed by atoms with Crippen LogP contribution in [0.2, 0.25) is 0 Å². The normalized spacial score (nSPS) is 11.2. The lowest BCUT2D eigenvalue weighted by Gasteiger charge is -2.09. The molecular weight excluding hydrogens is 285 g/mol. The number of alkyl halides is 3. The van der Waals surface area contributed by atoms with Crippen molar-refractivity contribution >= 4 is 5.78 Å². The molecule has 0 atom stereocenters. The molecule has 4 nitrogen and oxygen atoms in total. The van der Waals surface area contributed by atoms with Crippen molar-refractivity contribution in [3.63, 3.8) is 0 Å². The predicted molar refractivity (Wildman–Crippen MR) is 68.1 cm³/mol. The van der Waals surface area contributed by atoms with Gasteiger partial charge in [-0.15, -0.1) is 0 Å². The Bertz CT molecular complexity index is 657. The third-order valence-electron chi connectivity index (χ3n) is 2.74. The fraction of sp³-hybridized carbons (Fsp3) is 0.214. The zero-order valence-corrected chi connectivity index (χ0v) is 11.0. The number of Topliss-reactive ketones (excluding diaryl/α,β-unsaturated/α-hetero) is 1. The van der Waals surface area contributed by atoms with Gasteiger partial charge in [-0.1, -0.05) is 18.2 Å². The SMILES string of the molecule is COc1nccnc1C(=O)Cc1cccc(C(F)(F)F)c1. The molecule has 0 fully saturated rings. The molecule has 7 heteroatoms. The maximum absolute atomic E-state index is 12.6. The molecule has 0 N–H and O–H groups in total. The minimum Gasteiger partial charge on any atom is -0.479 e. The van der Waals surface area contributed by atoms with Gasteiger partial charge in [-0.05, 0) is 11.6 Å². The fourth-order valence-electron chi connectivity index (χ4n) is 1.79. The summed E-state index contributed by atoms with van der Waals surface area (Å²) in [5.41, 5.74) is -0.543. The molecular formula is C14H11F3N2O2. The van der Waals surface area contributed by atoms with Crippen LogP contribution < -0.4 is 4.74 Å². The van der Waals surface area contributed by atoms with Crippen LogP contribution in [0.15, 0.2) is 36.7 Å². The van der Waals surface area contributed by atoms with Crippen LogP contribution in [0.4, 0.5) is 13.2 Å². The van der Waals surface area contributed by atoms with Crippen molar-refractivity contribution in [1.82, 2.24) is 9.97 Å². The summed E-state index contributed by atoms with van der Waals surface area (Å²) >= 11 is 0. The number of carbonyl (C=O) groups is 1. The van der Waals surface area contributed by atoms with E-state index in [1.54, 1.807) is 0 Å². The van der Waals surface area contributed by atoms with E-state index in [1.807, 2.05) is 0 Å². The molecule has 1 heterocycles. The summed E-state index contributed by atoms with van der Waals surface area (Å²) in [4.78, 5) is 19.8. The van der Waals surface area contributed by atoms with Crippen molar-refractivity contribution in [3.8, 4) is 5.88 Å². The number of methoxy groups -OCH3 is 1. The molecule has 2 rings (SSSR count). The molecule has 0 bridgehead atoms. The molecule has 1 aromatic carbocycles. The third-order valence-corrected chi connectivity index (χ3v) is 2.74. The lowest BCUT2D eigenvalue weighted by molar-refractivity contribution is -0.137. The molecule has 1 aromatic heterocycles. The van der Waals surface area contributed by atoms with Crippen molar-refractivity contribution < 1.29 is 22.7 Å². The predicted octanol–water partition coefficient (Wildman–Crippen LogP) is 2.93. The van der Waals surface area contributed by atoms with Crippen molar-refractivity contribution in [2.24, 2.45) is 0 Å². The number of carbonyl (C=O) groups excluding carboxylic acids is 1. The second kappa shape index (κ2) is 5.90. The minimum atomic E-state index is -4.44. The molecule has 0 saturated heterocycles. The van der Waals surface area contributed by atoms with Gasteiger partial charge >= 0.3 is 6.18 Å². The first-order valence-corrected chi connectivity index (χ1v) is 5.96. The monoisotopic (exact) mass is 296 g/mol. The Morgan fingerprint density at radius 1 is 1.24 bits per heavy atom. The number of hydrogen-bond donors (Lipinski definition) is 0. The highest BCUT2D eigenvalue weighted by Crippen LogP contribution is 2.29. The van der Waals surface area contributed by atoms with Crippen LogP contribution >= 0.6 is 0 Å². The van der Waals surface area contributed by atoms with E-state index in [-0.39, 0.29) is 23.6 Å². The second-order valence-electron chi connectivity index (χ2n) is 4.21. The molecule has 110 valence electrons. The summed E-state index contributed by atoms with van der Waals surface area (Å²) in [5, 5.41) is 0. The van der Waals surface area contributed by atoms with Crippen LogP contribution in [0.25, 0.3) is 0 Å². The van der Waals surface area contributed by atoms with Gasteiger partial charge in [0.1, 0.15) is 0 Å². The second-order valence-corrected chi connectivity index (χ2v) is 4.21. The standard InChI is InChI=1S/C14H11F3N2O2/c1-21-13-12(18-5-6-19-13)11(20)8-9-3-2-4-10(7-9)14(15,16)17/h2-7H,8H2,1H3. The number of halogens is 3. The average molecular weight is 296 g/mol. The highest BCUT2D eigenvalue weighted by Gasteiger charge is 2.30. The van der Waals surface area contributed by atoms with Crippen LogP contribution in [-0.2, 0) is 12.6 Å². The van der Waals surface area contributed by atoms with Gasteiger partial charge in [0.2, 0.25) is 5.88 Å². The summed E-state index contributed by atoms with van der Waals surface area (Å²) in [6.45, 7) is 0. The van der Waals surface area contributed by atoms with Gasteiger partial charge in [-0.2, -0.15) is 13.2 Å². The Balaban J connectivity index is 2.24. The Morgan fingerprint density at radius 3 is 2.62 bits per heavy atom. The highest BCUT2D eigenvalue weighted by molar-refractivity contribution is 5.97. The molecule has 0 aliphatic rings. The lowest BCUT2D eigenvalue weighted by atomic mass is 10.0. The number of nitrogens with zero attached hydrogens (tertiary/aromatic N) is 2. The number of hydrogen-bond acceptors (Lipinski definition) is 4. The maximum atomic E-state index is 12.6. The van der Waals surface area contributed by atoms with E-state index in [0.717, 1.165) is 12.1 Å². The van der Waals surface area contributed by atoms with E-state index >= 15 is 0 Å². The molecule has 0 saturated carbocycles. The average Bonchev–Trinajstić information content (AvgIpc) is 2.46. The number of ketones is 1. The smallest absolute Gasteiger partial charge is 0.416 e. The summed E-state index contributed by atoms with van der Waals surface area (Å²) in [6, 6.07) is 4.62. The quantitative estimate of drug-likeness (QED) is 0.814. The molecule has 0 aliphatic heterocycles. The van der Waals surface area contributed by atoms with Gasteiger partial charge in [0.25, 0.3) is 0 Å². The van der Waals surface area contributed by atoms with Crippen molar-refractivity contribution in [1.29, 1.82) is 0 Å². The zero-order chi connectivity index (χ0) is 15.5. The minimum absolute atomic E-state index is 0.00240. The summed E-state index contributed by atoms with van der Waals surface area (Å²) in [6.07, 6.45) is -1.97. The molecule has 0 radical (unpaired) electrons. The number of aromatic nitrogens is 2. The lowest BCUT2D eigenvalue weighted by Crippen LogP contribution is -2.10. The van der Waals surface area contributed by atoms with Gasteiger partial charge in [0, 0.05) is 18.8 Å². The topological polar surface area (TPSA) is 52.1 Å². The molecule has 0 spiro atoms. The highest BCUT2D eigenvalue weighted by atomic mass is 19.4. The molecule has 0 aliphatic carbocycles. The summed E-state index contributed by atoms with van der Waals surface area (Å²) in [7, 11) is 1.34. The molecule has 21 heavy (non-hydrogen) atoms. The van der Waals surface area contributed by atoms with Crippen LogP contribution in [-0.4, -0.2) is 22.9 Å². The van der Waals surface area contributed by atoms with E-state index in [1.165, 1.54) is 31.6 Å². The zero-order valence-electron chi connectivity index (χ0n) is 11.0. The van der Waals surface area contributed by atoms with E-state index in [9.17, 15) is 18.0 Å². The number of ether oxygens (including phenoxy) is 1. The van der Waals surface area contributed by atoms with Crippen LogP contribution in [0.1, 0.15) is 21.6 Å². The van der Waals surface area contributed by atoms with Crippen molar-refractivity contribution in [2.45, 2.75) is 12.6 Å². The van der Waals surface area contributed by atoms with Gasteiger partial charge in [-0.3, -0.25) is 4.79 Å². The largest absolute Gasteiger partial charge is 0.479 e. The van der Waals surface area contributed by atoms with Gasteiger partial charge < -0.3 is 4.74 Å². The summed E-state index contributed by atoms with van der Waals surface area (Å²) in [5.74, 6) is -0.409. The van der Waals surface area contributed by atoms with Crippen molar-refractivity contribution in [2.75, 3.05) is 7.11 Å². The first-order valence-electron chi connectivity index (χ1n) is 5.96. The number of rotatable bonds is 4. The van der Waals surface area contributed by atoms with Gasteiger partial charge in [0.05, 0.1) is 12.7 Å². The van der Waals surface area contributed by atoms with E-state index in [0.29, 0.717) is 0 Å². The number of benzene rings is 1. The third kappa shape index (κ3) is 3.56. The summed E-state index contributed by atoms with van der Waals surface area (Å²) < 4.78 is 42.8. The van der Waals surface area contributed by atoms with Crippen molar-refractivity contribution in [3.05, 3.63) is 53.5 Å². The first-order chi connectivity index (χ1) is 9.91. The van der Waals surface area contributed by atoms with Crippen LogP contribution in [0.5, 0.6) is 5.88 Å². The Hall–Kier alpha value is -2.44. The Labute approximate surface area is 118 Å². The molecule has 0 unspecified atom stereocenters. The van der Waals surface area contributed by atoms with E-state index in [4.69, 9.17) is 4.74 Å². The maximum Gasteiger partial charge on any atom is 0.416 e. The Morgan fingerprint density at radius 2 is 1.95 bits per heavy atom. The van der Waals surface area contributed by atoms with E-state index in [2.05, 4.69) is 9.97 Å². The molecule has 0 amide bonds. The Kier molecular flexibility index (Phi) is 4.21. The van der Waals surface area contributed by atoms with Crippen LogP contribution in [0.3, 0.4) is 0 Å².